The van der Waals surface area contributed by atoms with Gasteiger partial charge in [0.2, 0.25) is 0 Å². The number of carbonyl (C=O) groups is 2. The van der Waals surface area contributed by atoms with Crippen molar-refractivity contribution in [2.45, 2.75) is 39.2 Å². The number of aromatic nitrogens is 1. The molecule has 1 N–H and O–H groups in total. The van der Waals surface area contributed by atoms with E-state index < -0.39 is 5.41 Å². The number of carbonyl (C=O) groups excluding carboxylic acids is 2. The summed E-state index contributed by atoms with van der Waals surface area (Å²) in [6.07, 6.45) is 0.292. The van der Waals surface area contributed by atoms with E-state index in [0.717, 1.165) is 11.3 Å². The van der Waals surface area contributed by atoms with Gasteiger partial charge in [-0.25, -0.2) is 4.98 Å². The minimum Gasteiger partial charge on any atom is -0.465 e. The van der Waals surface area contributed by atoms with E-state index >= 15 is 0 Å². The second kappa shape index (κ2) is 5.09. The number of nitrogens with zero attached hydrogens (tertiary/aromatic N) is 1. The van der Waals surface area contributed by atoms with Gasteiger partial charge in [0, 0.05) is 6.42 Å². The molecule has 2 aromatic heterocycles. The van der Waals surface area contributed by atoms with Crippen molar-refractivity contribution in [2.75, 3.05) is 0 Å². The number of pyridine rings is 1. The number of amides is 1. The van der Waals surface area contributed by atoms with E-state index in [0.29, 0.717) is 30.1 Å². The van der Waals surface area contributed by atoms with Crippen LogP contribution < -0.4 is 5.32 Å². The van der Waals surface area contributed by atoms with Crippen LogP contribution in [-0.4, -0.2) is 16.7 Å². The van der Waals surface area contributed by atoms with E-state index in [1.165, 1.54) is 0 Å². The van der Waals surface area contributed by atoms with Gasteiger partial charge in [-0.15, -0.1) is 0 Å². The zero-order valence-corrected chi connectivity index (χ0v) is 12.9. The van der Waals surface area contributed by atoms with Crippen LogP contribution in [0.25, 0.3) is 0 Å². The van der Waals surface area contributed by atoms with Crippen LogP contribution in [0, 0.1) is 6.92 Å². The van der Waals surface area contributed by atoms with E-state index in [-0.39, 0.29) is 11.7 Å². The van der Waals surface area contributed by atoms with Gasteiger partial charge in [-0.2, -0.15) is 0 Å². The average molecular weight is 298 g/mol. The lowest BCUT2D eigenvalue weighted by molar-refractivity contribution is -0.121. The number of fused-ring (bicyclic) bond motifs is 1. The fourth-order valence-electron chi connectivity index (χ4n) is 2.69. The van der Waals surface area contributed by atoms with Crippen molar-refractivity contribution < 1.29 is 14.0 Å². The molecule has 1 aliphatic carbocycles. The Morgan fingerprint density at radius 2 is 2.09 bits per heavy atom. The molecule has 0 aliphatic heterocycles. The Bertz CT molecular complexity index is 759. The summed E-state index contributed by atoms with van der Waals surface area (Å²) < 4.78 is 5.41. The first kappa shape index (κ1) is 14.5. The molecule has 0 spiro atoms. The second-order valence-corrected chi connectivity index (χ2v) is 6.11. The predicted octanol–water partition coefficient (Wildman–Crippen LogP) is 2.32. The van der Waals surface area contributed by atoms with Crippen molar-refractivity contribution in [3.63, 3.8) is 0 Å². The molecular formula is C17H18N2O3. The molecule has 0 saturated heterocycles. The van der Waals surface area contributed by atoms with Gasteiger partial charge in [0.05, 0.1) is 17.7 Å². The highest BCUT2D eigenvalue weighted by Gasteiger charge is 2.39. The average Bonchev–Trinajstić information content (AvgIpc) is 2.98. The zero-order valence-electron chi connectivity index (χ0n) is 12.9. The van der Waals surface area contributed by atoms with Crippen LogP contribution in [-0.2, 0) is 23.2 Å². The van der Waals surface area contributed by atoms with Crippen molar-refractivity contribution in [3.8, 4) is 0 Å². The van der Waals surface area contributed by atoms with Gasteiger partial charge >= 0.3 is 0 Å². The molecule has 22 heavy (non-hydrogen) atoms. The molecule has 0 saturated carbocycles. The van der Waals surface area contributed by atoms with Gasteiger partial charge in [0.25, 0.3) is 5.91 Å². The molecule has 0 unspecified atom stereocenters. The highest BCUT2D eigenvalue weighted by molar-refractivity contribution is 5.97. The van der Waals surface area contributed by atoms with Gasteiger partial charge < -0.3 is 9.73 Å². The molecule has 0 atom stereocenters. The minimum absolute atomic E-state index is 0.138. The summed E-state index contributed by atoms with van der Waals surface area (Å²) in [5.41, 5.74) is 1.43. The first-order valence-electron chi connectivity index (χ1n) is 7.25. The third kappa shape index (κ3) is 2.43. The molecule has 0 radical (unpaired) electrons. The van der Waals surface area contributed by atoms with Crippen LogP contribution in [0.2, 0.25) is 0 Å². The van der Waals surface area contributed by atoms with E-state index in [1.54, 1.807) is 6.07 Å². The van der Waals surface area contributed by atoms with Gasteiger partial charge in [-0.05, 0) is 44.5 Å². The minimum atomic E-state index is -0.511. The maximum atomic E-state index is 12.2. The Balaban J connectivity index is 1.75. The highest BCUT2D eigenvalue weighted by Crippen LogP contribution is 2.34. The maximum absolute atomic E-state index is 12.2. The standard InChI is InChI=1S/C17H18N2O3/c1-10-4-5-11(22-10)9-18-16(21)13-7-6-12-14(19-13)8-15(20)17(12,2)3/h4-7H,8-9H2,1-3H3,(H,18,21). The smallest absolute Gasteiger partial charge is 0.270 e. The molecule has 0 fully saturated rings. The normalized spacial score (nSPS) is 15.7. The van der Waals surface area contributed by atoms with Gasteiger partial charge in [-0.1, -0.05) is 6.07 Å². The third-order valence-corrected chi connectivity index (χ3v) is 4.12. The lowest BCUT2D eigenvalue weighted by Gasteiger charge is -2.16. The Morgan fingerprint density at radius 3 is 2.77 bits per heavy atom. The Kier molecular flexibility index (Phi) is 3.35. The van der Waals surface area contributed by atoms with Crippen LogP contribution in [0.15, 0.2) is 28.7 Å². The van der Waals surface area contributed by atoms with Crippen LogP contribution in [0.1, 0.15) is 47.1 Å². The SMILES string of the molecule is Cc1ccc(CNC(=O)c2ccc3c(n2)CC(=O)C3(C)C)o1. The molecule has 5 heteroatoms. The summed E-state index contributed by atoms with van der Waals surface area (Å²) in [4.78, 5) is 28.5. The van der Waals surface area contributed by atoms with Gasteiger partial charge in [0.15, 0.2) is 0 Å². The fourth-order valence-corrected chi connectivity index (χ4v) is 2.69. The van der Waals surface area contributed by atoms with E-state index in [2.05, 4.69) is 10.3 Å². The molecule has 5 nitrogen and oxygen atoms in total. The predicted molar refractivity (Wildman–Crippen MR) is 80.6 cm³/mol. The summed E-state index contributed by atoms with van der Waals surface area (Å²) in [6, 6.07) is 7.18. The largest absolute Gasteiger partial charge is 0.465 e. The number of ketones is 1. The number of aryl methyl sites for hydroxylation is 1. The molecular weight excluding hydrogens is 280 g/mol. The highest BCUT2D eigenvalue weighted by atomic mass is 16.3. The quantitative estimate of drug-likeness (QED) is 0.944. The lowest BCUT2D eigenvalue weighted by Crippen LogP contribution is -2.25. The van der Waals surface area contributed by atoms with Gasteiger partial charge in [-0.3, -0.25) is 9.59 Å². The molecule has 114 valence electrons. The lowest BCUT2D eigenvalue weighted by atomic mass is 9.86. The van der Waals surface area contributed by atoms with Crippen LogP contribution in [0.3, 0.4) is 0 Å². The van der Waals surface area contributed by atoms with Gasteiger partial charge in [0.1, 0.15) is 23.0 Å². The molecule has 2 heterocycles. The number of Topliss-reactive ketones (excluding diaryl/α,β-unsaturated/α-hetero) is 1. The van der Waals surface area contributed by atoms with Crippen molar-refractivity contribution in [2.24, 2.45) is 0 Å². The first-order chi connectivity index (χ1) is 10.4. The van der Waals surface area contributed by atoms with Crippen molar-refractivity contribution in [1.82, 2.24) is 10.3 Å². The van der Waals surface area contributed by atoms with Crippen molar-refractivity contribution in [3.05, 3.63) is 52.7 Å². The first-order valence-corrected chi connectivity index (χ1v) is 7.25. The molecule has 1 aliphatic rings. The molecule has 0 aromatic carbocycles. The zero-order chi connectivity index (χ0) is 15.9. The van der Waals surface area contributed by atoms with Crippen molar-refractivity contribution >= 4 is 11.7 Å². The molecule has 1 amide bonds. The Labute approximate surface area is 128 Å². The maximum Gasteiger partial charge on any atom is 0.270 e. The number of furan rings is 1. The fraction of sp³-hybridized carbons (Fsp3) is 0.353. The van der Waals surface area contributed by atoms with Crippen molar-refractivity contribution in [1.29, 1.82) is 0 Å². The number of hydrogen-bond acceptors (Lipinski definition) is 4. The van der Waals surface area contributed by atoms with Crippen LogP contribution in [0.4, 0.5) is 0 Å². The van der Waals surface area contributed by atoms with Crippen LogP contribution >= 0.6 is 0 Å². The Morgan fingerprint density at radius 1 is 1.32 bits per heavy atom. The number of hydrogen-bond donors (Lipinski definition) is 1. The molecule has 0 bridgehead atoms. The topological polar surface area (TPSA) is 72.2 Å². The van der Waals surface area contributed by atoms with E-state index in [9.17, 15) is 9.59 Å². The van der Waals surface area contributed by atoms with E-state index in [4.69, 9.17) is 4.42 Å². The Hall–Kier alpha value is -2.43. The third-order valence-electron chi connectivity index (χ3n) is 4.12. The molecule has 3 rings (SSSR count). The monoisotopic (exact) mass is 298 g/mol. The summed E-state index contributed by atoms with van der Waals surface area (Å²) >= 11 is 0. The summed E-state index contributed by atoms with van der Waals surface area (Å²) in [5.74, 6) is 1.37. The second-order valence-electron chi connectivity index (χ2n) is 6.11. The number of nitrogens with one attached hydrogen (secondary N) is 1. The summed E-state index contributed by atoms with van der Waals surface area (Å²) in [5, 5.41) is 2.77. The number of rotatable bonds is 3. The summed E-state index contributed by atoms with van der Waals surface area (Å²) in [7, 11) is 0. The summed E-state index contributed by atoms with van der Waals surface area (Å²) in [6.45, 7) is 5.95. The van der Waals surface area contributed by atoms with E-state index in [1.807, 2.05) is 39.0 Å². The van der Waals surface area contributed by atoms with Crippen LogP contribution in [0.5, 0.6) is 0 Å². The molecule has 2 aromatic rings.